The maximum Gasteiger partial charge on any atom is 0.412 e. The Hall–Kier alpha value is -3.36. The van der Waals surface area contributed by atoms with Crippen molar-refractivity contribution in [2.24, 2.45) is 0 Å². The zero-order valence-corrected chi connectivity index (χ0v) is 12.9. The van der Waals surface area contributed by atoms with Crippen LogP contribution in [0, 0.1) is 0 Å². The third kappa shape index (κ3) is 3.51. The lowest BCUT2D eigenvalue weighted by atomic mass is 10.2. The van der Waals surface area contributed by atoms with Crippen molar-refractivity contribution in [3.8, 4) is 0 Å². The summed E-state index contributed by atoms with van der Waals surface area (Å²) >= 11 is 0. The first-order chi connectivity index (χ1) is 11.7. The second-order valence-electron chi connectivity index (χ2n) is 4.94. The van der Waals surface area contributed by atoms with Gasteiger partial charge < -0.3 is 15.0 Å². The number of ether oxygens (including phenoxy) is 1. The summed E-state index contributed by atoms with van der Waals surface area (Å²) in [6.45, 7) is 1.92. The van der Waals surface area contributed by atoms with Gasteiger partial charge in [-0.1, -0.05) is 17.3 Å². The lowest BCUT2D eigenvalue weighted by Gasteiger charge is -2.06. The number of para-hydroxylation sites is 1. The fourth-order valence-electron chi connectivity index (χ4n) is 2.23. The lowest BCUT2D eigenvalue weighted by Crippen LogP contribution is -2.19. The van der Waals surface area contributed by atoms with Crippen LogP contribution in [-0.4, -0.2) is 38.6 Å². The highest BCUT2D eigenvalue weighted by molar-refractivity contribution is 6.00. The van der Waals surface area contributed by atoms with Crippen molar-refractivity contribution in [1.82, 2.24) is 20.0 Å². The molecule has 9 nitrogen and oxygen atoms in total. The number of nitrogens with one attached hydrogen (secondary N) is 3. The van der Waals surface area contributed by atoms with Gasteiger partial charge in [-0.05, 0) is 19.1 Å². The summed E-state index contributed by atoms with van der Waals surface area (Å²) in [7, 11) is 0. The van der Waals surface area contributed by atoms with Gasteiger partial charge in [0.1, 0.15) is 6.54 Å². The van der Waals surface area contributed by atoms with E-state index >= 15 is 0 Å². The van der Waals surface area contributed by atoms with Crippen LogP contribution in [0.3, 0.4) is 0 Å². The van der Waals surface area contributed by atoms with E-state index in [9.17, 15) is 9.59 Å². The maximum atomic E-state index is 12.2. The molecule has 0 saturated carbocycles. The van der Waals surface area contributed by atoms with E-state index in [1.165, 1.54) is 10.9 Å². The summed E-state index contributed by atoms with van der Waals surface area (Å²) in [5.41, 5.74) is 1.54. The standard InChI is InChI=1S/C15H16N6O3/c1-2-24-15(23)18-12-8-21(20-19-12)9-13(22)17-11-5-3-4-10-6-7-16-14(10)11/h3-8,16H,2,9H2,1H3,(H,17,22)(H,18,23). The molecule has 9 heteroatoms. The molecule has 0 bridgehead atoms. The zero-order chi connectivity index (χ0) is 16.9. The quantitative estimate of drug-likeness (QED) is 0.662. The Morgan fingerprint density at radius 1 is 1.29 bits per heavy atom. The van der Waals surface area contributed by atoms with Gasteiger partial charge in [0, 0.05) is 11.6 Å². The van der Waals surface area contributed by atoms with Gasteiger partial charge >= 0.3 is 6.09 Å². The lowest BCUT2D eigenvalue weighted by molar-refractivity contribution is -0.116. The minimum absolute atomic E-state index is 0.0331. The number of hydrogen-bond acceptors (Lipinski definition) is 5. The molecule has 3 N–H and O–H groups in total. The van der Waals surface area contributed by atoms with Crippen LogP contribution >= 0.6 is 0 Å². The Balaban J connectivity index is 1.62. The Morgan fingerprint density at radius 2 is 2.17 bits per heavy atom. The van der Waals surface area contributed by atoms with E-state index < -0.39 is 6.09 Å². The van der Waals surface area contributed by atoms with E-state index in [1.54, 1.807) is 6.92 Å². The Kier molecular flexibility index (Phi) is 4.41. The van der Waals surface area contributed by atoms with Crippen LogP contribution in [0.1, 0.15) is 6.92 Å². The molecule has 3 rings (SSSR count). The first-order valence-electron chi connectivity index (χ1n) is 7.35. The molecule has 2 amide bonds. The molecular formula is C15H16N6O3. The number of benzene rings is 1. The van der Waals surface area contributed by atoms with Crippen LogP contribution in [0.4, 0.5) is 16.3 Å². The molecule has 0 aliphatic carbocycles. The maximum absolute atomic E-state index is 12.2. The van der Waals surface area contributed by atoms with Crippen molar-refractivity contribution in [2.75, 3.05) is 17.2 Å². The minimum Gasteiger partial charge on any atom is -0.450 e. The molecule has 0 spiro atoms. The highest BCUT2D eigenvalue weighted by atomic mass is 16.5. The number of rotatable bonds is 5. The van der Waals surface area contributed by atoms with Crippen LogP contribution in [-0.2, 0) is 16.1 Å². The molecule has 0 saturated heterocycles. The monoisotopic (exact) mass is 328 g/mol. The smallest absolute Gasteiger partial charge is 0.412 e. The largest absolute Gasteiger partial charge is 0.450 e. The Morgan fingerprint density at radius 3 is 3.00 bits per heavy atom. The predicted molar refractivity (Wildman–Crippen MR) is 87.6 cm³/mol. The fourth-order valence-corrected chi connectivity index (χ4v) is 2.23. The summed E-state index contributed by atoms with van der Waals surface area (Å²) in [4.78, 5) is 26.5. The van der Waals surface area contributed by atoms with Gasteiger partial charge in [0.15, 0.2) is 5.82 Å². The number of carbonyl (C=O) groups excluding carboxylic acids is 2. The molecular weight excluding hydrogens is 312 g/mol. The highest BCUT2D eigenvalue weighted by Crippen LogP contribution is 2.21. The van der Waals surface area contributed by atoms with E-state index in [2.05, 4.69) is 25.9 Å². The minimum atomic E-state index is -0.618. The van der Waals surface area contributed by atoms with Crippen molar-refractivity contribution in [2.45, 2.75) is 13.5 Å². The SMILES string of the molecule is CCOC(=O)Nc1cn(CC(=O)Nc2cccc3cc[nH]c23)nn1. The van der Waals surface area contributed by atoms with Gasteiger partial charge in [0.2, 0.25) is 5.91 Å². The average molecular weight is 328 g/mol. The van der Waals surface area contributed by atoms with Crippen LogP contribution in [0.2, 0.25) is 0 Å². The average Bonchev–Trinajstić information content (AvgIpc) is 3.17. The normalized spacial score (nSPS) is 10.5. The highest BCUT2D eigenvalue weighted by Gasteiger charge is 2.10. The molecule has 124 valence electrons. The van der Waals surface area contributed by atoms with Gasteiger partial charge in [-0.3, -0.25) is 10.1 Å². The number of nitrogens with zero attached hydrogens (tertiary/aromatic N) is 3. The van der Waals surface area contributed by atoms with Crippen molar-refractivity contribution >= 4 is 34.4 Å². The molecule has 1 aromatic carbocycles. The number of aromatic amines is 1. The number of amides is 2. The van der Waals surface area contributed by atoms with E-state index in [-0.39, 0.29) is 24.9 Å². The predicted octanol–water partition coefficient (Wildman–Crippen LogP) is 1.97. The molecule has 3 aromatic rings. The van der Waals surface area contributed by atoms with Crippen molar-refractivity contribution in [1.29, 1.82) is 0 Å². The second-order valence-corrected chi connectivity index (χ2v) is 4.94. The fraction of sp³-hybridized carbons (Fsp3) is 0.200. The summed E-state index contributed by atoms with van der Waals surface area (Å²) in [5.74, 6) is -0.0441. The van der Waals surface area contributed by atoms with Gasteiger partial charge in [0.05, 0.1) is 24.0 Å². The number of aromatic nitrogens is 4. The number of carbonyl (C=O) groups is 2. The molecule has 0 aliphatic rings. The van der Waals surface area contributed by atoms with Crippen molar-refractivity contribution in [3.05, 3.63) is 36.7 Å². The summed E-state index contributed by atoms with van der Waals surface area (Å²) in [6.07, 6.45) is 2.64. The Labute approximate surface area is 137 Å². The molecule has 0 fully saturated rings. The number of fused-ring (bicyclic) bond motifs is 1. The van der Waals surface area contributed by atoms with Crippen LogP contribution in [0.15, 0.2) is 36.7 Å². The molecule has 24 heavy (non-hydrogen) atoms. The molecule has 0 unspecified atom stereocenters. The van der Waals surface area contributed by atoms with Crippen LogP contribution in [0.5, 0.6) is 0 Å². The van der Waals surface area contributed by atoms with Crippen LogP contribution in [0.25, 0.3) is 10.9 Å². The zero-order valence-electron chi connectivity index (χ0n) is 12.9. The van der Waals surface area contributed by atoms with Gasteiger partial charge in [-0.15, -0.1) is 5.10 Å². The third-order valence-electron chi connectivity index (χ3n) is 3.21. The Bertz CT molecular complexity index is 869. The van der Waals surface area contributed by atoms with Crippen LogP contribution < -0.4 is 10.6 Å². The first-order valence-corrected chi connectivity index (χ1v) is 7.35. The first kappa shape index (κ1) is 15.5. The summed E-state index contributed by atoms with van der Waals surface area (Å²) in [6, 6.07) is 7.55. The second kappa shape index (κ2) is 6.82. The molecule has 0 radical (unpaired) electrons. The molecule has 0 aliphatic heterocycles. The molecule has 2 aromatic heterocycles. The molecule has 2 heterocycles. The van der Waals surface area contributed by atoms with E-state index in [0.29, 0.717) is 5.69 Å². The van der Waals surface area contributed by atoms with Gasteiger partial charge in [-0.25, -0.2) is 9.48 Å². The summed E-state index contributed by atoms with van der Waals surface area (Å²) < 4.78 is 6.06. The van der Waals surface area contributed by atoms with Gasteiger partial charge in [-0.2, -0.15) is 0 Å². The number of anilines is 2. The number of H-pyrrole nitrogens is 1. The van der Waals surface area contributed by atoms with Crippen molar-refractivity contribution in [3.63, 3.8) is 0 Å². The van der Waals surface area contributed by atoms with Crippen molar-refractivity contribution < 1.29 is 14.3 Å². The summed E-state index contributed by atoms with van der Waals surface area (Å²) in [5, 5.41) is 13.8. The third-order valence-corrected chi connectivity index (χ3v) is 3.21. The number of hydrogen-bond donors (Lipinski definition) is 3. The van der Waals surface area contributed by atoms with Gasteiger partial charge in [0.25, 0.3) is 0 Å². The molecule has 0 atom stereocenters. The topological polar surface area (TPSA) is 114 Å². The van der Waals surface area contributed by atoms with E-state index in [4.69, 9.17) is 4.74 Å². The van der Waals surface area contributed by atoms with E-state index in [0.717, 1.165) is 10.9 Å². The van der Waals surface area contributed by atoms with E-state index in [1.807, 2.05) is 30.5 Å².